The van der Waals surface area contributed by atoms with Gasteiger partial charge in [0.15, 0.2) is 25.2 Å². The molecule has 19 unspecified atom stereocenters. The number of hydrogen-bond donors (Lipinski definition) is 12. The smallest absolute Gasteiger partial charge is 0.188 e. The van der Waals surface area contributed by atoms with Gasteiger partial charge in [-0.3, -0.25) is 0 Å². The van der Waals surface area contributed by atoms with E-state index in [0.29, 0.717) is 0 Å². The average Bonchev–Trinajstić information content (AvgIpc) is 2.99. The molecular formula is C24H42O19. The third-order valence-electron chi connectivity index (χ3n) is 7.69. The first kappa shape index (κ1) is 36.4. The molecule has 19 nitrogen and oxygen atoms in total. The van der Waals surface area contributed by atoms with Crippen LogP contribution in [0, 0.1) is 0 Å². The highest BCUT2D eigenvalue weighted by Crippen LogP contribution is 2.32. The van der Waals surface area contributed by atoms with Gasteiger partial charge in [0.1, 0.15) is 85.5 Å². The summed E-state index contributed by atoms with van der Waals surface area (Å²) in [6.07, 6.45) is -33.6. The Morgan fingerprint density at radius 2 is 1.21 bits per heavy atom. The molecule has 3 fully saturated rings. The van der Waals surface area contributed by atoms with Gasteiger partial charge in [0.25, 0.3) is 0 Å². The maximum absolute atomic E-state index is 12.3. The van der Waals surface area contributed by atoms with Crippen molar-refractivity contribution in [2.75, 3.05) is 13.2 Å². The topological polar surface area (TPSA) is 315 Å². The molecule has 3 aliphatic heterocycles. The van der Waals surface area contributed by atoms with Crippen molar-refractivity contribution >= 4 is 6.29 Å². The molecule has 19 atom stereocenters. The Morgan fingerprint density at radius 1 is 0.674 bits per heavy atom. The van der Waals surface area contributed by atoms with E-state index in [0.717, 1.165) is 0 Å². The van der Waals surface area contributed by atoms with Crippen molar-refractivity contribution < 1.29 is 94.5 Å². The van der Waals surface area contributed by atoms with E-state index in [1.165, 1.54) is 13.8 Å². The fourth-order valence-electron chi connectivity index (χ4n) is 4.89. The predicted octanol–water partition coefficient (Wildman–Crippen LogP) is -7.85. The first-order valence-corrected chi connectivity index (χ1v) is 13.6. The fourth-order valence-corrected chi connectivity index (χ4v) is 4.89. The number of aliphatic hydroxyl groups is 12. The van der Waals surface area contributed by atoms with Crippen LogP contribution in [0.3, 0.4) is 0 Å². The second-order valence-corrected chi connectivity index (χ2v) is 10.7. The molecule has 3 aliphatic rings. The maximum Gasteiger partial charge on any atom is 0.188 e. The third-order valence-corrected chi connectivity index (χ3v) is 7.69. The van der Waals surface area contributed by atoms with Gasteiger partial charge < -0.3 is 94.5 Å². The summed E-state index contributed by atoms with van der Waals surface area (Å²) in [5.41, 5.74) is 0. The maximum atomic E-state index is 12.3. The Bertz CT molecular complexity index is 868. The first-order chi connectivity index (χ1) is 20.2. The molecule has 0 bridgehead atoms. The molecule has 3 heterocycles. The second-order valence-electron chi connectivity index (χ2n) is 10.7. The summed E-state index contributed by atoms with van der Waals surface area (Å²) in [4.78, 5) is 12.3. The number of carbonyl (C=O) groups is 1. The largest absolute Gasteiger partial charge is 0.394 e. The van der Waals surface area contributed by atoms with E-state index in [-0.39, 0.29) is 6.29 Å². The molecule has 0 amide bonds. The lowest BCUT2D eigenvalue weighted by Gasteiger charge is -2.47. The SMILES string of the molecule is CC1OC(OC(C(C=O)OC2OC(CO)C(O)C(O)C2OC2OC(C)C(O)C(O)C2O)C(O)C(O)CO)C(O)C(O)C1O. The standard InChI is InChI=1S/C24H42O19/c1-6-11(29)15(33)18(36)22(38-6)42-20(13(31)8(28)3-25)10(5-27)41-24-21(17(35)14(32)9(4-26)40-24)43-23-19(37)16(34)12(30)7(2)39-23/h5-26,28-37H,3-4H2,1-2H3. The van der Waals surface area contributed by atoms with Crippen LogP contribution in [0.4, 0.5) is 0 Å². The van der Waals surface area contributed by atoms with Gasteiger partial charge in [0.2, 0.25) is 0 Å². The summed E-state index contributed by atoms with van der Waals surface area (Å²) >= 11 is 0. The van der Waals surface area contributed by atoms with Crippen LogP contribution in [0.1, 0.15) is 13.8 Å². The van der Waals surface area contributed by atoms with Gasteiger partial charge in [0, 0.05) is 0 Å². The van der Waals surface area contributed by atoms with Crippen LogP contribution in [0.25, 0.3) is 0 Å². The first-order valence-electron chi connectivity index (χ1n) is 13.6. The zero-order valence-corrected chi connectivity index (χ0v) is 23.2. The van der Waals surface area contributed by atoms with E-state index in [9.17, 15) is 66.1 Å². The Balaban J connectivity index is 1.91. The summed E-state index contributed by atoms with van der Waals surface area (Å²) in [6, 6.07) is 0. The lowest BCUT2D eigenvalue weighted by atomic mass is 9.97. The van der Waals surface area contributed by atoms with E-state index in [4.69, 9.17) is 28.4 Å². The Morgan fingerprint density at radius 3 is 1.72 bits per heavy atom. The quantitative estimate of drug-likeness (QED) is 0.0887. The summed E-state index contributed by atoms with van der Waals surface area (Å²) in [5.74, 6) is 0. The molecule has 3 saturated heterocycles. The van der Waals surface area contributed by atoms with Crippen molar-refractivity contribution in [1.29, 1.82) is 0 Å². The minimum absolute atomic E-state index is 0.0296. The average molecular weight is 635 g/mol. The molecule has 0 spiro atoms. The van der Waals surface area contributed by atoms with E-state index < -0.39 is 130 Å². The normalized spacial score (nSPS) is 47.0. The molecule has 0 saturated carbocycles. The number of aliphatic hydroxyl groups excluding tert-OH is 12. The number of hydrogen-bond acceptors (Lipinski definition) is 19. The highest BCUT2D eigenvalue weighted by Gasteiger charge is 2.52. The molecule has 0 aromatic heterocycles. The number of ether oxygens (including phenoxy) is 6. The molecule has 0 radical (unpaired) electrons. The lowest BCUT2D eigenvalue weighted by Crippen LogP contribution is -2.65. The summed E-state index contributed by atoms with van der Waals surface area (Å²) < 4.78 is 32.8. The lowest BCUT2D eigenvalue weighted by molar-refractivity contribution is -0.374. The monoisotopic (exact) mass is 634 g/mol. The van der Waals surface area contributed by atoms with Gasteiger partial charge in [-0.15, -0.1) is 0 Å². The van der Waals surface area contributed by atoms with E-state index in [1.807, 2.05) is 0 Å². The summed E-state index contributed by atoms with van der Waals surface area (Å²) in [5, 5.41) is 122. The van der Waals surface area contributed by atoms with Gasteiger partial charge >= 0.3 is 0 Å². The van der Waals surface area contributed by atoms with Crippen molar-refractivity contribution in [2.24, 2.45) is 0 Å². The molecule has 0 aliphatic carbocycles. The van der Waals surface area contributed by atoms with Crippen LogP contribution in [0.2, 0.25) is 0 Å². The predicted molar refractivity (Wildman–Crippen MR) is 132 cm³/mol. The van der Waals surface area contributed by atoms with Crippen LogP contribution in [0.15, 0.2) is 0 Å². The molecule has 252 valence electrons. The number of rotatable bonds is 12. The number of carbonyl (C=O) groups excluding carboxylic acids is 1. The minimum Gasteiger partial charge on any atom is -0.394 e. The molecular weight excluding hydrogens is 592 g/mol. The summed E-state index contributed by atoms with van der Waals surface area (Å²) in [6.45, 7) is 0.721. The minimum atomic E-state index is -2.15. The molecule has 0 aromatic rings. The summed E-state index contributed by atoms with van der Waals surface area (Å²) in [7, 11) is 0. The Kier molecular flexibility index (Phi) is 13.1. The van der Waals surface area contributed by atoms with Crippen molar-refractivity contribution in [3.05, 3.63) is 0 Å². The van der Waals surface area contributed by atoms with E-state index in [1.54, 1.807) is 0 Å². The molecule has 19 heteroatoms. The van der Waals surface area contributed by atoms with Crippen molar-refractivity contribution in [3.8, 4) is 0 Å². The third kappa shape index (κ3) is 7.85. The van der Waals surface area contributed by atoms with Gasteiger partial charge in [-0.1, -0.05) is 0 Å². The van der Waals surface area contributed by atoms with Crippen molar-refractivity contribution in [3.63, 3.8) is 0 Å². The van der Waals surface area contributed by atoms with Gasteiger partial charge in [-0.05, 0) is 13.8 Å². The van der Waals surface area contributed by atoms with Crippen molar-refractivity contribution in [1.82, 2.24) is 0 Å². The van der Waals surface area contributed by atoms with Gasteiger partial charge in [0.05, 0.1) is 25.4 Å². The number of aldehydes is 1. The van der Waals surface area contributed by atoms with Gasteiger partial charge in [-0.2, -0.15) is 0 Å². The van der Waals surface area contributed by atoms with E-state index in [2.05, 4.69) is 0 Å². The molecule has 43 heavy (non-hydrogen) atoms. The van der Waals surface area contributed by atoms with Crippen LogP contribution in [-0.4, -0.2) is 197 Å². The van der Waals surface area contributed by atoms with Crippen molar-refractivity contribution in [2.45, 2.75) is 130 Å². The van der Waals surface area contributed by atoms with Crippen LogP contribution >= 0.6 is 0 Å². The van der Waals surface area contributed by atoms with Crippen LogP contribution in [-0.2, 0) is 33.2 Å². The highest BCUT2D eigenvalue weighted by atomic mass is 16.8. The van der Waals surface area contributed by atoms with E-state index >= 15 is 0 Å². The highest BCUT2D eigenvalue weighted by molar-refractivity contribution is 5.57. The fraction of sp³-hybridized carbons (Fsp3) is 0.958. The van der Waals surface area contributed by atoms with Crippen LogP contribution in [0.5, 0.6) is 0 Å². The molecule has 0 aromatic carbocycles. The zero-order valence-electron chi connectivity index (χ0n) is 23.2. The molecule has 12 N–H and O–H groups in total. The van der Waals surface area contributed by atoms with Crippen LogP contribution < -0.4 is 0 Å². The molecule has 3 rings (SSSR count). The Hall–Kier alpha value is -1.05. The van der Waals surface area contributed by atoms with Gasteiger partial charge in [-0.25, -0.2) is 0 Å². The second kappa shape index (κ2) is 15.5. The Labute approximate surface area is 244 Å². The zero-order chi connectivity index (χ0) is 32.3.